The van der Waals surface area contributed by atoms with Crippen molar-refractivity contribution in [2.45, 2.75) is 412 Å². The molecule has 0 aromatic rings. The zero-order valence-corrected chi connectivity index (χ0v) is 65.2. The number of carbonyl (C=O) groups excluding carboxylic acids is 4. The maximum atomic E-state index is 13.1. The molecule has 19 heteroatoms. The Morgan fingerprint density at radius 2 is 0.571 bits per heavy atom. The number of unbranched alkanes of at least 4 members (excludes halogenated alkanes) is 45. The summed E-state index contributed by atoms with van der Waals surface area (Å²) in [5.41, 5.74) is 0. The van der Waals surface area contributed by atoms with Crippen LogP contribution in [0.3, 0.4) is 0 Å². The maximum absolute atomic E-state index is 13.1. The average Bonchev–Trinajstić information content (AvgIpc) is 1.95. The molecule has 0 aliphatic heterocycles. The predicted octanol–water partition coefficient (Wildman–Crippen LogP) is 23.2. The number of rotatable bonds is 77. The average molecular weight is 1430 g/mol. The van der Waals surface area contributed by atoms with Crippen LogP contribution in [0.15, 0.2) is 24.3 Å². The molecular formula is C79H150O17P2. The van der Waals surface area contributed by atoms with Gasteiger partial charge in [-0.25, -0.2) is 9.13 Å². The second-order valence-corrected chi connectivity index (χ2v) is 30.9. The van der Waals surface area contributed by atoms with Gasteiger partial charge >= 0.3 is 39.5 Å². The Bertz CT molecular complexity index is 1970. The van der Waals surface area contributed by atoms with Gasteiger partial charge in [0, 0.05) is 25.7 Å². The van der Waals surface area contributed by atoms with Gasteiger partial charge in [-0.15, -0.1) is 0 Å². The Morgan fingerprint density at radius 1 is 0.327 bits per heavy atom. The summed E-state index contributed by atoms with van der Waals surface area (Å²) in [6, 6.07) is 0. The molecule has 0 bridgehead atoms. The normalized spacial score (nSPS) is 14.3. The van der Waals surface area contributed by atoms with Crippen LogP contribution in [0.2, 0.25) is 0 Å². The van der Waals surface area contributed by atoms with Crippen molar-refractivity contribution in [3.05, 3.63) is 24.3 Å². The third kappa shape index (κ3) is 70.6. The smallest absolute Gasteiger partial charge is 0.462 e. The molecule has 0 radical (unpaired) electrons. The summed E-state index contributed by atoms with van der Waals surface area (Å²) in [5.74, 6) is -1.37. The molecule has 3 N–H and O–H groups in total. The first-order chi connectivity index (χ1) is 47.6. The van der Waals surface area contributed by atoms with Crippen molar-refractivity contribution in [1.82, 2.24) is 0 Å². The molecule has 0 saturated carbocycles. The Hall–Kier alpha value is -2.46. The molecule has 0 heterocycles. The van der Waals surface area contributed by atoms with Crippen molar-refractivity contribution in [2.75, 3.05) is 39.6 Å². The van der Waals surface area contributed by atoms with Crippen LogP contribution in [0.4, 0.5) is 0 Å². The highest BCUT2D eigenvalue weighted by Crippen LogP contribution is 2.45. The summed E-state index contributed by atoms with van der Waals surface area (Å²) in [4.78, 5) is 72.9. The number of ether oxygens (including phenoxy) is 4. The number of phosphoric ester groups is 2. The molecule has 17 nitrogen and oxygen atoms in total. The molecule has 0 fully saturated rings. The van der Waals surface area contributed by atoms with Gasteiger partial charge < -0.3 is 33.8 Å². The molecule has 0 aliphatic rings. The summed E-state index contributed by atoms with van der Waals surface area (Å²) in [6.07, 6.45) is 64.6. The number of phosphoric acid groups is 2. The highest BCUT2D eigenvalue weighted by Gasteiger charge is 2.30. The lowest BCUT2D eigenvalue weighted by atomic mass is 9.99. The summed E-state index contributed by atoms with van der Waals surface area (Å²) in [5, 5.41) is 10.6. The van der Waals surface area contributed by atoms with Crippen molar-refractivity contribution in [1.29, 1.82) is 0 Å². The minimum atomic E-state index is -4.97. The minimum absolute atomic E-state index is 0.102. The molecule has 578 valence electrons. The van der Waals surface area contributed by atoms with Gasteiger partial charge in [0.05, 0.1) is 26.4 Å². The SMILES string of the molecule is CCCCCC/C=C\C=C/CCCCCCCC(=O)OC[C@H](COP(=O)(O)OC[C@@H](O)COP(=O)(O)OC[C@@H](COC(=O)CCCCCCCCCCCCC)OC(=O)CCCCCCCCCCC(C)CC)OC(=O)CCCCCCCCCCCCCCCCCCCCCC. The van der Waals surface area contributed by atoms with Gasteiger partial charge in [0.25, 0.3) is 0 Å². The van der Waals surface area contributed by atoms with Crippen molar-refractivity contribution in [3.8, 4) is 0 Å². The molecule has 3 unspecified atom stereocenters. The second kappa shape index (κ2) is 71.5. The summed E-state index contributed by atoms with van der Waals surface area (Å²) < 4.78 is 68.6. The monoisotopic (exact) mass is 1430 g/mol. The van der Waals surface area contributed by atoms with Gasteiger partial charge in [0.15, 0.2) is 12.2 Å². The number of esters is 4. The van der Waals surface area contributed by atoms with Crippen molar-refractivity contribution < 1.29 is 80.2 Å². The van der Waals surface area contributed by atoms with E-state index in [1.807, 2.05) is 0 Å². The lowest BCUT2D eigenvalue weighted by Crippen LogP contribution is -2.30. The standard InChI is InChI=1S/C79H150O17P2/c1-6-10-13-16-19-22-25-27-29-30-31-32-33-35-37-40-43-49-54-59-64-78(83)95-74(68-90-77(82)63-58-53-48-42-39-36-34-28-26-23-20-17-14-11-7-2)70-93-97(85,86)91-66-73(80)67-92-98(87,88)94-71-75(69-89-76(81)62-57-52-47-41-38-24-21-18-15-12-8-3)96-79(84)65-60-55-50-45-44-46-51-56-61-72(5)9-4/h23,26,28,34,72-75,80H,6-22,24-25,27,29-33,35-71H2,1-5H3,(H,85,86)(H,87,88)/b26-23-,34-28-/t72?,73-,74-,75-/m1/s1. The van der Waals surface area contributed by atoms with Gasteiger partial charge in [-0.05, 0) is 57.3 Å². The van der Waals surface area contributed by atoms with E-state index in [9.17, 15) is 43.2 Å². The molecule has 0 rings (SSSR count). The van der Waals surface area contributed by atoms with E-state index in [2.05, 4.69) is 58.9 Å². The van der Waals surface area contributed by atoms with Gasteiger partial charge in [0.1, 0.15) is 19.3 Å². The Balaban J connectivity index is 5.26. The number of aliphatic hydroxyl groups is 1. The van der Waals surface area contributed by atoms with E-state index < -0.39 is 97.5 Å². The Morgan fingerprint density at radius 3 is 0.867 bits per heavy atom. The van der Waals surface area contributed by atoms with E-state index >= 15 is 0 Å². The number of hydrogen-bond donors (Lipinski definition) is 3. The summed E-state index contributed by atoms with van der Waals surface area (Å²) >= 11 is 0. The summed E-state index contributed by atoms with van der Waals surface area (Å²) in [7, 11) is -9.93. The zero-order valence-electron chi connectivity index (χ0n) is 63.4. The van der Waals surface area contributed by atoms with E-state index in [0.29, 0.717) is 25.7 Å². The van der Waals surface area contributed by atoms with E-state index in [4.69, 9.17) is 37.0 Å². The van der Waals surface area contributed by atoms with Crippen molar-refractivity contribution >= 4 is 39.5 Å². The fraction of sp³-hybridized carbons (Fsp3) is 0.899. The van der Waals surface area contributed by atoms with Gasteiger partial charge in [-0.3, -0.25) is 37.3 Å². The summed E-state index contributed by atoms with van der Waals surface area (Å²) in [6.45, 7) is 7.24. The van der Waals surface area contributed by atoms with Crippen LogP contribution in [-0.4, -0.2) is 96.7 Å². The first kappa shape index (κ1) is 95.5. The molecule has 0 aromatic carbocycles. The van der Waals surface area contributed by atoms with Crippen LogP contribution >= 0.6 is 15.6 Å². The zero-order chi connectivity index (χ0) is 71.9. The Labute approximate surface area is 599 Å². The van der Waals surface area contributed by atoms with Gasteiger partial charge in [0.2, 0.25) is 0 Å². The lowest BCUT2D eigenvalue weighted by Gasteiger charge is -2.21. The highest BCUT2D eigenvalue weighted by atomic mass is 31.2. The van der Waals surface area contributed by atoms with Crippen LogP contribution in [0, 0.1) is 5.92 Å². The number of carbonyl (C=O) groups is 4. The molecule has 0 saturated heterocycles. The van der Waals surface area contributed by atoms with Crippen LogP contribution < -0.4 is 0 Å². The van der Waals surface area contributed by atoms with E-state index in [-0.39, 0.29) is 25.7 Å². The minimum Gasteiger partial charge on any atom is -0.462 e. The molecular weight excluding hydrogens is 1280 g/mol. The van der Waals surface area contributed by atoms with Crippen LogP contribution in [0.5, 0.6) is 0 Å². The van der Waals surface area contributed by atoms with Gasteiger partial charge in [-0.2, -0.15) is 0 Å². The quantitative estimate of drug-likeness (QED) is 0.0169. The fourth-order valence-corrected chi connectivity index (χ4v) is 13.2. The third-order valence-corrected chi connectivity index (χ3v) is 20.2. The van der Waals surface area contributed by atoms with E-state index in [1.54, 1.807) is 0 Å². The van der Waals surface area contributed by atoms with Gasteiger partial charge in [-0.1, -0.05) is 341 Å². The van der Waals surface area contributed by atoms with E-state index in [0.717, 1.165) is 115 Å². The van der Waals surface area contributed by atoms with Crippen molar-refractivity contribution in [3.63, 3.8) is 0 Å². The fourth-order valence-electron chi connectivity index (χ4n) is 11.7. The first-order valence-electron chi connectivity index (χ1n) is 40.5. The van der Waals surface area contributed by atoms with Crippen molar-refractivity contribution in [2.24, 2.45) is 5.92 Å². The number of aliphatic hydroxyl groups excluding tert-OH is 1. The maximum Gasteiger partial charge on any atom is 0.472 e. The molecule has 6 atom stereocenters. The Kier molecular flexibility index (Phi) is 69.7. The number of allylic oxidation sites excluding steroid dienone is 4. The molecule has 0 aliphatic carbocycles. The molecule has 0 spiro atoms. The molecule has 0 aromatic heterocycles. The van der Waals surface area contributed by atoms with E-state index in [1.165, 1.54) is 199 Å². The predicted molar refractivity (Wildman–Crippen MR) is 400 cm³/mol. The molecule has 98 heavy (non-hydrogen) atoms. The first-order valence-corrected chi connectivity index (χ1v) is 43.5. The van der Waals surface area contributed by atoms with Crippen LogP contribution in [0.1, 0.15) is 394 Å². The van der Waals surface area contributed by atoms with Crippen LogP contribution in [0.25, 0.3) is 0 Å². The molecule has 0 amide bonds. The van der Waals surface area contributed by atoms with Crippen LogP contribution in [-0.2, 0) is 65.4 Å². The number of hydrogen-bond acceptors (Lipinski definition) is 15. The second-order valence-electron chi connectivity index (χ2n) is 28.0. The largest absolute Gasteiger partial charge is 0.472 e. The topological polar surface area (TPSA) is 237 Å². The third-order valence-electron chi connectivity index (χ3n) is 18.3. The highest BCUT2D eigenvalue weighted by molar-refractivity contribution is 7.47. The lowest BCUT2D eigenvalue weighted by molar-refractivity contribution is -0.161.